The lowest BCUT2D eigenvalue weighted by Gasteiger charge is -2.32. The third kappa shape index (κ3) is 4.73. The van der Waals surface area contributed by atoms with Gasteiger partial charge in [0.15, 0.2) is 0 Å². The number of aromatic nitrogens is 2. The number of ether oxygens (including phenoxy) is 2. The van der Waals surface area contributed by atoms with Gasteiger partial charge in [-0.3, -0.25) is 0 Å². The normalized spacial score (nSPS) is 16.1. The Balaban J connectivity index is 1.79. The van der Waals surface area contributed by atoms with Crippen molar-refractivity contribution in [3.05, 3.63) is 47.3 Å². The summed E-state index contributed by atoms with van der Waals surface area (Å²) >= 11 is 0. The van der Waals surface area contributed by atoms with Crippen LogP contribution in [0.4, 0.5) is 4.39 Å². The van der Waals surface area contributed by atoms with Gasteiger partial charge in [0.2, 0.25) is 10.0 Å². The third-order valence-electron chi connectivity index (χ3n) is 5.06. The number of rotatable bonds is 7. The first-order chi connectivity index (χ1) is 13.9. The second kappa shape index (κ2) is 9.15. The fourth-order valence-electron chi connectivity index (χ4n) is 3.55. The second-order valence-electron chi connectivity index (χ2n) is 6.94. The van der Waals surface area contributed by atoms with Crippen LogP contribution < -0.4 is 4.74 Å². The van der Waals surface area contributed by atoms with Crippen LogP contribution in [-0.2, 0) is 21.4 Å². The molecule has 1 saturated heterocycles. The fraction of sp³-hybridized carbons (Fsp3) is 0.500. The first-order valence-electron chi connectivity index (χ1n) is 9.60. The molecule has 158 valence electrons. The lowest BCUT2D eigenvalue weighted by Crippen LogP contribution is -2.38. The summed E-state index contributed by atoms with van der Waals surface area (Å²) in [6, 6.07) is 3.52. The Morgan fingerprint density at radius 2 is 2.00 bits per heavy atom. The molecular formula is C20H26FN3O4S. The third-order valence-corrected chi connectivity index (χ3v) is 6.98. The van der Waals surface area contributed by atoms with Crippen molar-refractivity contribution in [3.63, 3.8) is 0 Å². The van der Waals surface area contributed by atoms with Crippen LogP contribution >= 0.6 is 0 Å². The number of halogens is 1. The monoisotopic (exact) mass is 423 g/mol. The zero-order valence-electron chi connectivity index (χ0n) is 16.9. The largest absolute Gasteiger partial charge is 0.495 e. The van der Waals surface area contributed by atoms with E-state index < -0.39 is 15.8 Å². The smallest absolute Gasteiger partial charge is 0.246 e. The number of nitrogens with zero attached hydrogens (tertiary/aromatic N) is 3. The summed E-state index contributed by atoms with van der Waals surface area (Å²) in [5, 5.41) is 0. The van der Waals surface area contributed by atoms with Crippen LogP contribution in [0.15, 0.2) is 29.3 Å². The molecule has 0 unspecified atom stereocenters. The Labute approximate surface area is 170 Å². The van der Waals surface area contributed by atoms with Crippen LogP contribution in [-0.4, -0.2) is 49.5 Å². The molecule has 1 aliphatic rings. The van der Waals surface area contributed by atoms with Crippen molar-refractivity contribution in [2.75, 3.05) is 26.8 Å². The Morgan fingerprint density at radius 1 is 1.28 bits per heavy atom. The molecule has 0 spiro atoms. The first-order valence-corrected chi connectivity index (χ1v) is 11.0. The van der Waals surface area contributed by atoms with Gasteiger partial charge in [0, 0.05) is 37.4 Å². The minimum absolute atomic E-state index is 0.119. The molecule has 0 radical (unpaired) electrons. The van der Waals surface area contributed by atoms with E-state index in [0.717, 1.165) is 17.3 Å². The van der Waals surface area contributed by atoms with Gasteiger partial charge in [-0.15, -0.1) is 0 Å². The minimum Gasteiger partial charge on any atom is -0.495 e. The minimum atomic E-state index is -3.85. The summed E-state index contributed by atoms with van der Waals surface area (Å²) in [6.07, 6.45) is 3.02. The van der Waals surface area contributed by atoms with E-state index in [4.69, 9.17) is 9.47 Å². The zero-order valence-corrected chi connectivity index (χ0v) is 17.7. The van der Waals surface area contributed by atoms with E-state index in [2.05, 4.69) is 9.97 Å². The zero-order chi connectivity index (χ0) is 21.0. The van der Waals surface area contributed by atoms with Crippen LogP contribution in [0.3, 0.4) is 0 Å². The number of benzene rings is 1. The van der Waals surface area contributed by atoms with Crippen molar-refractivity contribution in [1.82, 2.24) is 14.3 Å². The Morgan fingerprint density at radius 3 is 2.66 bits per heavy atom. The lowest BCUT2D eigenvalue weighted by molar-refractivity contribution is 0.132. The van der Waals surface area contributed by atoms with Crippen LogP contribution in [0.1, 0.15) is 42.8 Å². The van der Waals surface area contributed by atoms with Crippen molar-refractivity contribution in [3.8, 4) is 5.75 Å². The molecule has 0 aliphatic carbocycles. The molecule has 29 heavy (non-hydrogen) atoms. The highest BCUT2D eigenvalue weighted by Crippen LogP contribution is 2.34. The van der Waals surface area contributed by atoms with Crippen molar-refractivity contribution in [1.29, 1.82) is 0 Å². The predicted molar refractivity (Wildman–Crippen MR) is 106 cm³/mol. The number of aryl methyl sites for hydroxylation is 1. The molecule has 2 heterocycles. The summed E-state index contributed by atoms with van der Waals surface area (Å²) < 4.78 is 51.8. The average molecular weight is 424 g/mol. The van der Waals surface area contributed by atoms with Gasteiger partial charge < -0.3 is 9.47 Å². The molecular weight excluding hydrogens is 397 g/mol. The maximum Gasteiger partial charge on any atom is 0.246 e. The average Bonchev–Trinajstić information content (AvgIpc) is 2.73. The van der Waals surface area contributed by atoms with Gasteiger partial charge in [-0.05, 0) is 44.9 Å². The van der Waals surface area contributed by atoms with Crippen LogP contribution in [0, 0.1) is 12.7 Å². The van der Waals surface area contributed by atoms with Crippen molar-refractivity contribution < 1.29 is 22.3 Å². The molecule has 0 N–H and O–H groups in total. The summed E-state index contributed by atoms with van der Waals surface area (Å²) in [7, 11) is -2.48. The first kappa shape index (κ1) is 21.6. The highest BCUT2D eigenvalue weighted by Gasteiger charge is 2.33. The van der Waals surface area contributed by atoms with E-state index >= 15 is 0 Å². The summed E-state index contributed by atoms with van der Waals surface area (Å²) in [4.78, 5) is 8.72. The molecule has 0 bridgehead atoms. The van der Waals surface area contributed by atoms with Crippen LogP contribution in [0.2, 0.25) is 0 Å². The number of methoxy groups -OCH3 is 1. The molecule has 2 aromatic rings. The highest BCUT2D eigenvalue weighted by atomic mass is 32.2. The molecule has 1 aliphatic heterocycles. The van der Waals surface area contributed by atoms with Gasteiger partial charge in [0.1, 0.15) is 22.3 Å². The van der Waals surface area contributed by atoms with Gasteiger partial charge in [0.25, 0.3) is 0 Å². The van der Waals surface area contributed by atoms with E-state index in [0.29, 0.717) is 45.0 Å². The molecule has 1 aromatic heterocycles. The van der Waals surface area contributed by atoms with Gasteiger partial charge in [-0.25, -0.2) is 22.8 Å². The maximum absolute atomic E-state index is 13.7. The highest BCUT2D eigenvalue weighted by molar-refractivity contribution is 7.89. The molecule has 0 amide bonds. The van der Waals surface area contributed by atoms with Crippen LogP contribution in [0.5, 0.6) is 5.75 Å². The molecule has 9 heteroatoms. The standard InChI is InChI=1S/C20H26FN3O4S/c1-4-28-13-16-12-22-14(2)23-20(16)15-7-9-24(10-8-15)29(25,26)19-11-17(21)5-6-18(19)27-3/h5-6,11-12,15H,4,7-10,13H2,1-3H3. The molecule has 0 saturated carbocycles. The van der Waals surface area contributed by atoms with Crippen molar-refractivity contribution in [2.24, 2.45) is 0 Å². The molecule has 0 atom stereocenters. The van der Waals surface area contributed by atoms with E-state index in [1.165, 1.54) is 23.5 Å². The Bertz CT molecular complexity index is 960. The SMILES string of the molecule is CCOCc1cnc(C)nc1C1CCN(S(=O)(=O)c2cc(F)ccc2OC)CC1. The number of hydrogen-bond acceptors (Lipinski definition) is 6. The number of sulfonamides is 1. The summed E-state index contributed by atoms with van der Waals surface area (Å²) in [5.74, 6) is 0.322. The molecule has 1 aromatic carbocycles. The fourth-order valence-corrected chi connectivity index (χ4v) is 5.19. The predicted octanol–water partition coefficient (Wildman–Crippen LogP) is 3.04. The van der Waals surface area contributed by atoms with E-state index in [1.807, 2.05) is 13.8 Å². The van der Waals surface area contributed by atoms with Crippen molar-refractivity contribution in [2.45, 2.75) is 44.1 Å². The molecule has 7 nitrogen and oxygen atoms in total. The Kier molecular flexibility index (Phi) is 6.81. The van der Waals surface area contributed by atoms with E-state index in [1.54, 1.807) is 6.20 Å². The van der Waals surface area contributed by atoms with Gasteiger partial charge >= 0.3 is 0 Å². The maximum atomic E-state index is 13.7. The molecule has 1 fully saturated rings. The van der Waals surface area contributed by atoms with Crippen LogP contribution in [0.25, 0.3) is 0 Å². The van der Waals surface area contributed by atoms with Gasteiger partial charge in [0.05, 0.1) is 19.4 Å². The molecule has 3 rings (SSSR count). The summed E-state index contributed by atoms with van der Waals surface area (Å²) in [6.45, 7) is 5.45. The topological polar surface area (TPSA) is 81.6 Å². The van der Waals surface area contributed by atoms with E-state index in [9.17, 15) is 12.8 Å². The lowest BCUT2D eigenvalue weighted by atomic mass is 9.92. The second-order valence-corrected chi connectivity index (χ2v) is 8.84. The quantitative estimate of drug-likeness (QED) is 0.681. The Hall–Kier alpha value is -2.10. The van der Waals surface area contributed by atoms with Crippen molar-refractivity contribution >= 4 is 10.0 Å². The van der Waals surface area contributed by atoms with Gasteiger partial charge in [-0.2, -0.15) is 4.31 Å². The van der Waals surface area contributed by atoms with E-state index in [-0.39, 0.29) is 16.6 Å². The summed E-state index contributed by atoms with van der Waals surface area (Å²) in [5.41, 5.74) is 1.86. The number of hydrogen-bond donors (Lipinski definition) is 0. The number of piperidine rings is 1. The van der Waals surface area contributed by atoms with Gasteiger partial charge in [-0.1, -0.05) is 0 Å².